The van der Waals surface area contributed by atoms with E-state index >= 15 is 0 Å². The first-order chi connectivity index (χ1) is 12.0. The molecule has 8 nitrogen and oxygen atoms in total. The van der Waals surface area contributed by atoms with Crippen molar-refractivity contribution in [2.45, 2.75) is 20.8 Å². The van der Waals surface area contributed by atoms with Gasteiger partial charge in [-0.25, -0.2) is 10.2 Å². The molecule has 2 aromatic heterocycles. The van der Waals surface area contributed by atoms with Gasteiger partial charge >= 0.3 is 5.97 Å². The van der Waals surface area contributed by atoms with E-state index in [2.05, 4.69) is 25.5 Å². The molecule has 0 fully saturated rings. The summed E-state index contributed by atoms with van der Waals surface area (Å²) >= 11 is 0. The van der Waals surface area contributed by atoms with Gasteiger partial charge < -0.3 is 9.72 Å². The molecule has 0 saturated carbocycles. The topological polar surface area (TPSA) is 109 Å². The number of hydrazone groups is 1. The molecule has 0 atom stereocenters. The molecular weight excluding hydrogens is 322 g/mol. The number of aromatic amines is 1. The van der Waals surface area contributed by atoms with Crippen LogP contribution >= 0.6 is 0 Å². The number of hydrogen-bond acceptors (Lipinski definition) is 6. The van der Waals surface area contributed by atoms with E-state index in [0.29, 0.717) is 46.1 Å². The molecule has 2 aromatic rings. The smallest absolute Gasteiger partial charge is 0.340 e. The summed E-state index contributed by atoms with van der Waals surface area (Å²) in [6, 6.07) is 0. The van der Waals surface area contributed by atoms with Gasteiger partial charge in [0.25, 0.3) is 5.91 Å². The summed E-state index contributed by atoms with van der Waals surface area (Å²) in [6.07, 6.45) is 6.26. The molecule has 2 N–H and O–H groups in total. The van der Waals surface area contributed by atoms with Gasteiger partial charge in [0.15, 0.2) is 0 Å². The Morgan fingerprint density at radius 1 is 1.32 bits per heavy atom. The fourth-order valence-electron chi connectivity index (χ4n) is 2.66. The highest BCUT2D eigenvalue weighted by molar-refractivity contribution is 6.32. The molecule has 128 valence electrons. The molecule has 1 aliphatic heterocycles. The zero-order chi connectivity index (χ0) is 18.0. The summed E-state index contributed by atoms with van der Waals surface area (Å²) in [4.78, 5) is 35.6. The van der Waals surface area contributed by atoms with E-state index in [0.717, 1.165) is 0 Å². The maximum atomic E-state index is 12.2. The van der Waals surface area contributed by atoms with Crippen molar-refractivity contribution < 1.29 is 14.3 Å². The van der Waals surface area contributed by atoms with E-state index in [-0.39, 0.29) is 5.91 Å². The molecule has 1 amide bonds. The van der Waals surface area contributed by atoms with Crippen LogP contribution in [0.15, 0.2) is 29.3 Å². The summed E-state index contributed by atoms with van der Waals surface area (Å²) < 4.78 is 5.08. The fourth-order valence-corrected chi connectivity index (χ4v) is 2.66. The number of nitrogens with zero attached hydrogens (tertiary/aromatic N) is 3. The van der Waals surface area contributed by atoms with Gasteiger partial charge in [0.05, 0.1) is 23.9 Å². The Balaban J connectivity index is 2.02. The lowest BCUT2D eigenvalue weighted by Gasteiger charge is -2.02. The van der Waals surface area contributed by atoms with E-state index in [1.165, 1.54) is 12.4 Å². The molecule has 0 bridgehead atoms. The molecule has 3 heterocycles. The minimum Gasteiger partial charge on any atom is -0.462 e. The largest absolute Gasteiger partial charge is 0.462 e. The number of H-pyrrole nitrogens is 1. The number of hydrogen-bond donors (Lipinski definition) is 2. The lowest BCUT2D eigenvalue weighted by atomic mass is 10.0. The second kappa shape index (κ2) is 6.68. The van der Waals surface area contributed by atoms with Crippen LogP contribution in [-0.2, 0) is 9.53 Å². The SMILES string of the molecule is CCOC(=O)c1c(C)[nH]c(/C=C2/C(=O)NN=C2c2cnccn2)c1C. The van der Waals surface area contributed by atoms with Gasteiger partial charge in [-0.1, -0.05) is 0 Å². The van der Waals surface area contributed by atoms with Crippen molar-refractivity contribution in [2.75, 3.05) is 6.61 Å². The van der Waals surface area contributed by atoms with Gasteiger partial charge in [0.2, 0.25) is 0 Å². The zero-order valence-electron chi connectivity index (χ0n) is 14.1. The molecule has 0 aromatic carbocycles. The van der Waals surface area contributed by atoms with Gasteiger partial charge in [-0.2, -0.15) is 5.10 Å². The van der Waals surface area contributed by atoms with Crippen LogP contribution in [0.3, 0.4) is 0 Å². The zero-order valence-corrected chi connectivity index (χ0v) is 14.1. The maximum absolute atomic E-state index is 12.2. The Morgan fingerprint density at radius 3 is 2.80 bits per heavy atom. The molecule has 0 radical (unpaired) electrons. The van der Waals surface area contributed by atoms with Gasteiger partial charge in [0.1, 0.15) is 11.4 Å². The van der Waals surface area contributed by atoms with Crippen LogP contribution in [0.4, 0.5) is 0 Å². The minimum absolute atomic E-state index is 0.297. The Kier molecular flexibility index (Phi) is 4.42. The number of rotatable bonds is 4. The van der Waals surface area contributed by atoms with E-state index < -0.39 is 5.97 Å². The van der Waals surface area contributed by atoms with E-state index in [1.54, 1.807) is 33.0 Å². The first-order valence-corrected chi connectivity index (χ1v) is 7.75. The van der Waals surface area contributed by atoms with Crippen molar-refractivity contribution in [3.63, 3.8) is 0 Å². The van der Waals surface area contributed by atoms with Crippen molar-refractivity contribution in [1.29, 1.82) is 0 Å². The highest BCUT2D eigenvalue weighted by atomic mass is 16.5. The lowest BCUT2D eigenvalue weighted by molar-refractivity contribution is -0.116. The molecule has 8 heteroatoms. The first kappa shape index (κ1) is 16.6. The Bertz CT molecular complexity index is 897. The Hall–Kier alpha value is -3.29. The first-order valence-electron chi connectivity index (χ1n) is 7.75. The van der Waals surface area contributed by atoms with Crippen LogP contribution in [-0.4, -0.2) is 39.1 Å². The fraction of sp³-hybridized carbons (Fsp3) is 0.235. The van der Waals surface area contributed by atoms with Crippen molar-refractivity contribution in [1.82, 2.24) is 20.4 Å². The molecule has 0 saturated heterocycles. The van der Waals surface area contributed by atoms with Gasteiger partial charge in [0, 0.05) is 23.8 Å². The molecule has 1 aliphatic rings. The van der Waals surface area contributed by atoms with Crippen molar-refractivity contribution in [3.05, 3.63) is 52.4 Å². The molecule has 0 aliphatic carbocycles. The third-order valence-corrected chi connectivity index (χ3v) is 3.82. The van der Waals surface area contributed by atoms with E-state index in [9.17, 15) is 9.59 Å². The average molecular weight is 339 g/mol. The van der Waals surface area contributed by atoms with Crippen LogP contribution < -0.4 is 5.43 Å². The van der Waals surface area contributed by atoms with Gasteiger partial charge in [-0.3, -0.25) is 14.8 Å². The second-order valence-electron chi connectivity index (χ2n) is 5.43. The second-order valence-corrected chi connectivity index (χ2v) is 5.43. The third-order valence-electron chi connectivity index (χ3n) is 3.82. The van der Waals surface area contributed by atoms with Crippen LogP contribution in [0, 0.1) is 13.8 Å². The number of nitrogens with one attached hydrogen (secondary N) is 2. The van der Waals surface area contributed by atoms with Gasteiger partial charge in [-0.05, 0) is 32.4 Å². The quantitative estimate of drug-likeness (QED) is 0.648. The summed E-state index contributed by atoms with van der Waals surface area (Å²) in [6.45, 7) is 5.64. The number of ether oxygens (including phenoxy) is 1. The third kappa shape index (κ3) is 3.06. The summed E-state index contributed by atoms with van der Waals surface area (Å²) in [5.41, 5.74) is 6.18. The number of carbonyl (C=O) groups excluding carboxylic acids is 2. The predicted molar refractivity (Wildman–Crippen MR) is 90.9 cm³/mol. The lowest BCUT2D eigenvalue weighted by Crippen LogP contribution is -2.14. The Morgan fingerprint density at radius 2 is 2.12 bits per heavy atom. The Labute approximate surface area is 144 Å². The molecular formula is C17H17N5O3. The van der Waals surface area contributed by atoms with Crippen LogP contribution in [0.1, 0.15) is 39.9 Å². The number of carbonyl (C=O) groups is 2. The molecule has 0 spiro atoms. The molecule has 0 unspecified atom stereocenters. The minimum atomic E-state index is -0.392. The normalized spacial score (nSPS) is 15.2. The molecule has 25 heavy (non-hydrogen) atoms. The van der Waals surface area contributed by atoms with Crippen LogP contribution in [0.25, 0.3) is 6.08 Å². The number of esters is 1. The molecule has 3 rings (SSSR count). The summed E-state index contributed by atoms with van der Waals surface area (Å²) in [7, 11) is 0. The predicted octanol–water partition coefficient (Wildman–Crippen LogP) is 1.52. The highest BCUT2D eigenvalue weighted by Crippen LogP contribution is 2.23. The van der Waals surface area contributed by atoms with Gasteiger partial charge in [-0.15, -0.1) is 0 Å². The van der Waals surface area contributed by atoms with E-state index in [4.69, 9.17) is 4.74 Å². The maximum Gasteiger partial charge on any atom is 0.340 e. The van der Waals surface area contributed by atoms with Crippen LogP contribution in [0.2, 0.25) is 0 Å². The monoisotopic (exact) mass is 339 g/mol. The van der Waals surface area contributed by atoms with Crippen molar-refractivity contribution in [2.24, 2.45) is 5.10 Å². The number of aryl methyl sites for hydroxylation is 1. The van der Waals surface area contributed by atoms with Crippen LogP contribution in [0.5, 0.6) is 0 Å². The van der Waals surface area contributed by atoms with Crippen molar-refractivity contribution in [3.8, 4) is 0 Å². The summed E-state index contributed by atoms with van der Waals surface area (Å²) in [5.74, 6) is -0.734. The summed E-state index contributed by atoms with van der Waals surface area (Å²) in [5, 5.41) is 4.03. The average Bonchev–Trinajstić information content (AvgIpc) is 3.09. The standard InChI is InChI=1S/C17H17N5O3/c1-4-25-17(24)14-9(2)12(20-10(14)3)7-11-15(21-22-16(11)23)13-8-18-5-6-19-13/h5-8,20H,4H2,1-3H3,(H,22,23)/b11-7+. The highest BCUT2D eigenvalue weighted by Gasteiger charge is 2.26. The van der Waals surface area contributed by atoms with E-state index in [1.807, 2.05) is 0 Å². The van der Waals surface area contributed by atoms with Crippen molar-refractivity contribution >= 4 is 23.7 Å². The number of amides is 1. The number of aromatic nitrogens is 3.